The van der Waals surface area contributed by atoms with Crippen LogP contribution in [0.25, 0.3) is 5.69 Å². The summed E-state index contributed by atoms with van der Waals surface area (Å²) >= 11 is 0. The zero-order valence-electron chi connectivity index (χ0n) is 16.0. The number of nitrogens with zero attached hydrogens (tertiary/aromatic N) is 3. The lowest BCUT2D eigenvalue weighted by molar-refractivity contribution is -0.124. The van der Waals surface area contributed by atoms with Gasteiger partial charge in [-0.1, -0.05) is 18.2 Å². The average Bonchev–Trinajstić information content (AvgIpc) is 3.01. The Labute approximate surface area is 154 Å². The first-order valence-electron chi connectivity index (χ1n) is 8.58. The smallest absolute Gasteiger partial charge is 0.321 e. The van der Waals surface area contributed by atoms with Crippen molar-refractivity contribution in [1.82, 2.24) is 25.3 Å². The van der Waals surface area contributed by atoms with Gasteiger partial charge >= 0.3 is 6.03 Å². The van der Waals surface area contributed by atoms with Crippen molar-refractivity contribution in [2.24, 2.45) is 0 Å². The number of rotatable bonds is 5. The second-order valence-corrected chi connectivity index (χ2v) is 7.41. The number of urea groups is 1. The number of hydrogen-bond donors (Lipinski definition) is 2. The summed E-state index contributed by atoms with van der Waals surface area (Å²) < 4.78 is 1.80. The van der Waals surface area contributed by atoms with Crippen molar-refractivity contribution >= 4 is 11.9 Å². The maximum atomic E-state index is 12.3. The molecule has 7 nitrogen and oxygen atoms in total. The van der Waals surface area contributed by atoms with Crippen molar-refractivity contribution in [1.29, 1.82) is 0 Å². The van der Waals surface area contributed by atoms with Crippen LogP contribution in [0.3, 0.4) is 0 Å². The van der Waals surface area contributed by atoms with Crippen LogP contribution in [0.4, 0.5) is 4.79 Å². The number of amides is 3. The highest BCUT2D eigenvalue weighted by molar-refractivity contribution is 5.97. The maximum absolute atomic E-state index is 12.3. The molecule has 2 aromatic rings. The van der Waals surface area contributed by atoms with Crippen molar-refractivity contribution in [2.45, 2.75) is 45.8 Å². The molecule has 7 heteroatoms. The number of para-hydroxylation sites is 1. The van der Waals surface area contributed by atoms with Crippen LogP contribution in [0.1, 0.15) is 33.3 Å². The van der Waals surface area contributed by atoms with Gasteiger partial charge in [0, 0.05) is 23.8 Å². The third-order valence-corrected chi connectivity index (χ3v) is 3.85. The van der Waals surface area contributed by atoms with Crippen LogP contribution in [0, 0.1) is 0 Å². The van der Waals surface area contributed by atoms with E-state index >= 15 is 0 Å². The standard InChI is InChI=1S/C19H27N5O2/c1-14(17(25)21-18(26)22-19(2,3)4)23(5)12-15-11-20-24(13-15)16-9-7-6-8-10-16/h6-11,13-14H,12H2,1-5H3,(H2,21,22,25,26). The molecule has 0 spiro atoms. The molecule has 2 rings (SSSR count). The van der Waals surface area contributed by atoms with Crippen LogP contribution in [0.5, 0.6) is 0 Å². The Balaban J connectivity index is 1.92. The van der Waals surface area contributed by atoms with Gasteiger partial charge in [0.15, 0.2) is 0 Å². The molecule has 1 unspecified atom stereocenters. The van der Waals surface area contributed by atoms with E-state index in [2.05, 4.69) is 15.7 Å². The maximum Gasteiger partial charge on any atom is 0.321 e. The summed E-state index contributed by atoms with van der Waals surface area (Å²) in [5, 5.41) is 9.45. The van der Waals surface area contributed by atoms with E-state index < -0.39 is 17.6 Å². The molecular formula is C19H27N5O2. The monoisotopic (exact) mass is 357 g/mol. The lowest BCUT2D eigenvalue weighted by atomic mass is 10.1. The quantitative estimate of drug-likeness (QED) is 0.861. The number of hydrogen-bond acceptors (Lipinski definition) is 4. The molecule has 2 N–H and O–H groups in total. The molecule has 1 atom stereocenters. The number of benzene rings is 1. The molecule has 140 valence electrons. The first-order valence-corrected chi connectivity index (χ1v) is 8.58. The molecule has 1 aromatic heterocycles. The van der Waals surface area contributed by atoms with E-state index in [0.29, 0.717) is 6.54 Å². The molecular weight excluding hydrogens is 330 g/mol. The summed E-state index contributed by atoms with van der Waals surface area (Å²) in [4.78, 5) is 26.0. The van der Waals surface area contributed by atoms with Crippen LogP contribution >= 0.6 is 0 Å². The summed E-state index contributed by atoms with van der Waals surface area (Å²) in [5.41, 5.74) is 1.56. The second-order valence-electron chi connectivity index (χ2n) is 7.41. The summed E-state index contributed by atoms with van der Waals surface area (Å²) in [7, 11) is 1.84. The lowest BCUT2D eigenvalue weighted by Crippen LogP contribution is -2.52. The fraction of sp³-hybridized carbons (Fsp3) is 0.421. The van der Waals surface area contributed by atoms with Crippen LogP contribution < -0.4 is 10.6 Å². The second kappa shape index (κ2) is 8.14. The van der Waals surface area contributed by atoms with E-state index in [1.54, 1.807) is 17.8 Å². The van der Waals surface area contributed by atoms with Crippen molar-refractivity contribution < 1.29 is 9.59 Å². The van der Waals surface area contributed by atoms with Crippen LogP contribution in [-0.2, 0) is 11.3 Å². The normalized spacial score (nSPS) is 12.7. The zero-order valence-corrected chi connectivity index (χ0v) is 16.0. The predicted molar refractivity (Wildman–Crippen MR) is 101 cm³/mol. The van der Waals surface area contributed by atoms with E-state index in [0.717, 1.165) is 11.3 Å². The Hall–Kier alpha value is -2.67. The predicted octanol–water partition coefficient (Wildman–Crippen LogP) is 2.32. The van der Waals surface area contributed by atoms with Gasteiger partial charge in [0.25, 0.3) is 0 Å². The number of likely N-dealkylation sites (N-methyl/N-ethyl adjacent to an activating group) is 1. The number of nitrogens with one attached hydrogen (secondary N) is 2. The Morgan fingerprint density at radius 1 is 1.23 bits per heavy atom. The Kier molecular flexibility index (Phi) is 6.15. The zero-order chi connectivity index (χ0) is 19.3. The van der Waals surface area contributed by atoms with Crippen molar-refractivity contribution in [3.63, 3.8) is 0 Å². The lowest BCUT2D eigenvalue weighted by Gasteiger charge is -2.25. The van der Waals surface area contributed by atoms with Gasteiger partial charge in [-0.25, -0.2) is 9.48 Å². The van der Waals surface area contributed by atoms with Gasteiger partial charge < -0.3 is 5.32 Å². The molecule has 26 heavy (non-hydrogen) atoms. The highest BCUT2D eigenvalue weighted by atomic mass is 16.2. The number of carbonyl (C=O) groups excluding carboxylic acids is 2. The van der Waals surface area contributed by atoms with Crippen molar-refractivity contribution in [3.05, 3.63) is 48.3 Å². The Morgan fingerprint density at radius 3 is 2.50 bits per heavy atom. The average molecular weight is 357 g/mol. The molecule has 0 bridgehead atoms. The van der Waals surface area contributed by atoms with E-state index in [-0.39, 0.29) is 5.91 Å². The van der Waals surface area contributed by atoms with Crippen molar-refractivity contribution in [3.8, 4) is 5.69 Å². The largest absolute Gasteiger partial charge is 0.333 e. The van der Waals surface area contributed by atoms with Gasteiger partial charge in [-0.3, -0.25) is 15.0 Å². The SMILES string of the molecule is CC(C(=O)NC(=O)NC(C)(C)C)N(C)Cc1cnn(-c2ccccc2)c1. The highest BCUT2D eigenvalue weighted by Gasteiger charge is 2.22. The first-order chi connectivity index (χ1) is 12.2. The minimum absolute atomic E-state index is 0.343. The van der Waals surface area contributed by atoms with E-state index in [1.807, 2.05) is 69.2 Å². The molecule has 0 aliphatic carbocycles. The van der Waals surface area contributed by atoms with Crippen LogP contribution in [0.2, 0.25) is 0 Å². The fourth-order valence-electron chi connectivity index (χ4n) is 2.38. The minimum atomic E-state index is -0.486. The Morgan fingerprint density at radius 2 is 1.88 bits per heavy atom. The summed E-state index contributed by atoms with van der Waals surface area (Å²) in [6.07, 6.45) is 3.71. The molecule has 0 aliphatic rings. The number of carbonyl (C=O) groups is 2. The summed E-state index contributed by atoms with van der Waals surface area (Å²) in [5.74, 6) is -0.343. The van der Waals surface area contributed by atoms with Crippen molar-refractivity contribution in [2.75, 3.05) is 7.05 Å². The van der Waals surface area contributed by atoms with Crippen LogP contribution in [0.15, 0.2) is 42.7 Å². The van der Waals surface area contributed by atoms with E-state index in [9.17, 15) is 9.59 Å². The topological polar surface area (TPSA) is 79.3 Å². The highest BCUT2D eigenvalue weighted by Crippen LogP contribution is 2.10. The fourth-order valence-corrected chi connectivity index (χ4v) is 2.38. The molecule has 0 saturated carbocycles. The van der Waals surface area contributed by atoms with E-state index in [4.69, 9.17) is 0 Å². The minimum Gasteiger partial charge on any atom is -0.333 e. The first kappa shape index (κ1) is 19.7. The molecule has 1 aromatic carbocycles. The summed E-state index contributed by atoms with van der Waals surface area (Å²) in [6, 6.07) is 8.88. The molecule has 1 heterocycles. The van der Waals surface area contributed by atoms with Gasteiger partial charge in [0.2, 0.25) is 5.91 Å². The van der Waals surface area contributed by atoms with Gasteiger partial charge in [-0.2, -0.15) is 5.10 Å². The molecule has 3 amide bonds. The van der Waals surface area contributed by atoms with Gasteiger partial charge in [0.05, 0.1) is 17.9 Å². The third kappa shape index (κ3) is 5.70. The van der Waals surface area contributed by atoms with Crippen LogP contribution in [-0.4, -0.2) is 45.2 Å². The Bertz CT molecular complexity index is 749. The van der Waals surface area contributed by atoms with E-state index in [1.165, 1.54) is 0 Å². The summed E-state index contributed by atoms with van der Waals surface area (Å²) in [6.45, 7) is 7.88. The number of imide groups is 1. The molecule has 0 radical (unpaired) electrons. The molecule has 0 fully saturated rings. The number of aromatic nitrogens is 2. The van der Waals surface area contributed by atoms with Gasteiger partial charge in [0.1, 0.15) is 0 Å². The molecule has 0 aliphatic heterocycles. The third-order valence-electron chi connectivity index (χ3n) is 3.85. The van der Waals surface area contributed by atoms with Gasteiger partial charge in [-0.15, -0.1) is 0 Å². The van der Waals surface area contributed by atoms with Gasteiger partial charge in [-0.05, 0) is 46.9 Å². The molecule has 0 saturated heterocycles.